The lowest BCUT2D eigenvalue weighted by Gasteiger charge is -2.24. The Hall–Kier alpha value is -2.07. The summed E-state index contributed by atoms with van der Waals surface area (Å²) in [7, 11) is 3.30. The van der Waals surface area contributed by atoms with Gasteiger partial charge in [-0.2, -0.15) is 0 Å². The third-order valence-corrected chi connectivity index (χ3v) is 4.22. The van der Waals surface area contributed by atoms with E-state index in [4.69, 9.17) is 9.57 Å². The van der Waals surface area contributed by atoms with Crippen LogP contribution in [0.1, 0.15) is 18.4 Å². The van der Waals surface area contributed by atoms with Crippen molar-refractivity contribution in [3.8, 4) is 5.75 Å². The van der Waals surface area contributed by atoms with Crippen molar-refractivity contribution in [2.24, 2.45) is 11.1 Å². The molecule has 2 aromatic carbocycles. The second-order valence-electron chi connectivity index (χ2n) is 5.63. The van der Waals surface area contributed by atoms with Crippen LogP contribution in [0.15, 0.2) is 41.6 Å². The lowest BCUT2D eigenvalue weighted by molar-refractivity contribution is 0.210. The topological polar surface area (TPSA) is 42.9 Å². The van der Waals surface area contributed by atoms with Crippen molar-refractivity contribution in [3.05, 3.63) is 42.0 Å². The summed E-state index contributed by atoms with van der Waals surface area (Å²) < 4.78 is 5.28. The van der Waals surface area contributed by atoms with Gasteiger partial charge < -0.3 is 14.9 Å². The molecule has 2 aromatic rings. The van der Waals surface area contributed by atoms with E-state index >= 15 is 0 Å². The molecule has 1 aliphatic heterocycles. The Morgan fingerprint density at radius 2 is 1.95 bits per heavy atom. The lowest BCUT2D eigenvalue weighted by atomic mass is 9.89. The van der Waals surface area contributed by atoms with Crippen molar-refractivity contribution in [3.63, 3.8) is 0 Å². The van der Waals surface area contributed by atoms with Gasteiger partial charge in [-0.1, -0.05) is 23.4 Å². The summed E-state index contributed by atoms with van der Waals surface area (Å²) in [6, 6.07) is 12.5. The maximum absolute atomic E-state index is 5.28. The van der Waals surface area contributed by atoms with Crippen LogP contribution in [0.25, 0.3) is 10.8 Å². The average molecular weight is 298 g/mol. The fourth-order valence-electron chi connectivity index (χ4n) is 3.06. The van der Waals surface area contributed by atoms with Gasteiger partial charge in [-0.15, -0.1) is 0 Å². The van der Waals surface area contributed by atoms with Crippen molar-refractivity contribution in [1.82, 2.24) is 5.32 Å². The van der Waals surface area contributed by atoms with Crippen LogP contribution in [0.4, 0.5) is 0 Å². The van der Waals surface area contributed by atoms with Crippen LogP contribution in [-0.2, 0) is 4.84 Å². The van der Waals surface area contributed by atoms with Crippen LogP contribution in [0.3, 0.4) is 0 Å². The molecule has 0 spiro atoms. The van der Waals surface area contributed by atoms with Crippen LogP contribution in [0.5, 0.6) is 5.75 Å². The summed E-state index contributed by atoms with van der Waals surface area (Å²) in [5.74, 6) is 1.28. The fraction of sp³-hybridized carbons (Fsp3) is 0.389. The van der Waals surface area contributed by atoms with Crippen LogP contribution in [0, 0.1) is 5.92 Å². The summed E-state index contributed by atoms with van der Waals surface area (Å²) in [6.45, 7) is 2.05. The highest BCUT2D eigenvalue weighted by Crippen LogP contribution is 2.25. The maximum Gasteiger partial charge on any atom is 0.119 e. The minimum absolute atomic E-state index is 0.407. The molecule has 3 rings (SSSR count). The van der Waals surface area contributed by atoms with Gasteiger partial charge >= 0.3 is 0 Å². The minimum atomic E-state index is 0.407. The monoisotopic (exact) mass is 298 g/mol. The van der Waals surface area contributed by atoms with Gasteiger partial charge in [0.15, 0.2) is 0 Å². The Kier molecular flexibility index (Phi) is 4.59. The van der Waals surface area contributed by atoms with Crippen LogP contribution < -0.4 is 10.1 Å². The highest BCUT2D eigenvalue weighted by Gasteiger charge is 2.21. The molecule has 1 heterocycles. The van der Waals surface area contributed by atoms with Crippen molar-refractivity contribution >= 4 is 16.5 Å². The van der Waals surface area contributed by atoms with E-state index in [1.807, 2.05) is 6.07 Å². The number of fused-ring (bicyclic) bond motifs is 1. The molecule has 116 valence electrons. The third-order valence-electron chi connectivity index (χ3n) is 4.22. The fourth-order valence-corrected chi connectivity index (χ4v) is 3.06. The molecular weight excluding hydrogens is 276 g/mol. The SMILES string of the molecule is CON=C(c1ccc2cc(OC)ccc2c1)[C@@H]1CCCNC1. The number of oxime groups is 1. The second kappa shape index (κ2) is 6.79. The molecule has 1 saturated heterocycles. The highest BCUT2D eigenvalue weighted by molar-refractivity contribution is 6.04. The molecule has 0 saturated carbocycles. The quantitative estimate of drug-likeness (QED) is 0.696. The molecule has 1 N–H and O–H groups in total. The molecule has 0 unspecified atom stereocenters. The van der Waals surface area contributed by atoms with E-state index in [-0.39, 0.29) is 0 Å². The van der Waals surface area contributed by atoms with Crippen molar-refractivity contribution in [2.75, 3.05) is 27.3 Å². The zero-order valence-electron chi connectivity index (χ0n) is 13.1. The first-order valence-corrected chi connectivity index (χ1v) is 7.72. The number of hydrogen-bond donors (Lipinski definition) is 1. The van der Waals surface area contributed by atoms with Gasteiger partial charge in [0.1, 0.15) is 12.9 Å². The lowest BCUT2D eigenvalue weighted by Crippen LogP contribution is -2.35. The van der Waals surface area contributed by atoms with Gasteiger partial charge in [-0.25, -0.2) is 0 Å². The number of benzene rings is 2. The minimum Gasteiger partial charge on any atom is -0.497 e. The molecule has 1 atom stereocenters. The molecule has 0 radical (unpaired) electrons. The molecule has 0 amide bonds. The summed E-state index contributed by atoms with van der Waals surface area (Å²) in [5.41, 5.74) is 2.17. The van der Waals surface area contributed by atoms with Crippen LogP contribution in [0.2, 0.25) is 0 Å². The molecule has 1 fully saturated rings. The number of ether oxygens (including phenoxy) is 1. The number of nitrogens with zero attached hydrogens (tertiary/aromatic N) is 1. The summed E-state index contributed by atoms with van der Waals surface area (Å²) in [6.07, 6.45) is 2.33. The smallest absolute Gasteiger partial charge is 0.119 e. The largest absolute Gasteiger partial charge is 0.497 e. The molecule has 0 bridgehead atoms. The van der Waals surface area contributed by atoms with Gasteiger partial charge in [0, 0.05) is 18.0 Å². The molecule has 4 nitrogen and oxygen atoms in total. The third kappa shape index (κ3) is 3.07. The first-order chi connectivity index (χ1) is 10.8. The number of nitrogens with one attached hydrogen (secondary N) is 1. The highest BCUT2D eigenvalue weighted by atomic mass is 16.6. The Morgan fingerprint density at radius 1 is 1.14 bits per heavy atom. The molecule has 0 aromatic heterocycles. The Morgan fingerprint density at radius 3 is 2.68 bits per heavy atom. The van der Waals surface area contributed by atoms with Crippen molar-refractivity contribution in [2.45, 2.75) is 12.8 Å². The Balaban J connectivity index is 1.97. The summed E-state index contributed by atoms with van der Waals surface area (Å²) >= 11 is 0. The van der Waals surface area contributed by atoms with E-state index in [0.717, 1.165) is 36.5 Å². The first kappa shape index (κ1) is 14.9. The normalized spacial score (nSPS) is 19.2. The Bertz CT molecular complexity index is 676. The van der Waals surface area contributed by atoms with E-state index in [0.29, 0.717) is 5.92 Å². The van der Waals surface area contributed by atoms with Gasteiger partial charge in [0.2, 0.25) is 0 Å². The molecule has 1 aliphatic rings. The number of piperidine rings is 1. The van der Waals surface area contributed by atoms with Crippen molar-refractivity contribution < 1.29 is 9.57 Å². The standard InChI is InChI=1S/C18H22N2O2/c1-21-17-8-7-13-10-15(6-5-14(13)11-17)18(20-22-2)16-4-3-9-19-12-16/h5-8,10-11,16,19H,3-4,9,12H2,1-2H3/t16-/m1/s1. The van der Waals surface area contributed by atoms with E-state index in [1.165, 1.54) is 17.2 Å². The number of methoxy groups -OCH3 is 1. The van der Waals surface area contributed by atoms with Crippen LogP contribution in [-0.4, -0.2) is 33.0 Å². The van der Waals surface area contributed by atoms with E-state index in [2.05, 4.69) is 40.8 Å². The zero-order chi connectivity index (χ0) is 15.4. The van der Waals surface area contributed by atoms with Gasteiger partial charge in [0.25, 0.3) is 0 Å². The molecular formula is C18H22N2O2. The second-order valence-corrected chi connectivity index (χ2v) is 5.63. The van der Waals surface area contributed by atoms with Crippen molar-refractivity contribution in [1.29, 1.82) is 0 Å². The van der Waals surface area contributed by atoms with Gasteiger partial charge in [-0.05, 0) is 48.4 Å². The van der Waals surface area contributed by atoms with Gasteiger partial charge in [-0.3, -0.25) is 0 Å². The Labute approximate surface area is 131 Å². The first-order valence-electron chi connectivity index (χ1n) is 7.72. The molecule has 0 aliphatic carbocycles. The summed E-state index contributed by atoms with van der Waals surface area (Å²) in [4.78, 5) is 5.10. The van der Waals surface area contributed by atoms with Crippen LogP contribution >= 0.6 is 0 Å². The molecule has 4 heteroatoms. The predicted octanol–water partition coefficient (Wildman–Crippen LogP) is 3.20. The van der Waals surface area contributed by atoms with E-state index in [9.17, 15) is 0 Å². The molecule has 22 heavy (non-hydrogen) atoms. The number of hydrogen-bond acceptors (Lipinski definition) is 4. The average Bonchev–Trinajstić information content (AvgIpc) is 2.59. The number of rotatable bonds is 4. The zero-order valence-corrected chi connectivity index (χ0v) is 13.1. The summed E-state index contributed by atoms with van der Waals surface area (Å²) in [5, 5.41) is 10.1. The van der Waals surface area contributed by atoms with Gasteiger partial charge in [0.05, 0.1) is 12.8 Å². The van der Waals surface area contributed by atoms with E-state index < -0.39 is 0 Å². The predicted molar refractivity (Wildman–Crippen MR) is 89.6 cm³/mol. The maximum atomic E-state index is 5.28. The van der Waals surface area contributed by atoms with E-state index in [1.54, 1.807) is 14.2 Å².